The largest absolute Gasteiger partial charge is 0.481 e. The molecule has 8 N–H and O–H groups in total. The van der Waals surface area contributed by atoms with Crippen LogP contribution in [-0.2, 0) is 24.6 Å². The first-order chi connectivity index (χ1) is 22.8. The first-order valence-corrected chi connectivity index (χ1v) is 16.2. The summed E-state index contributed by atoms with van der Waals surface area (Å²) in [5.74, 6) is 3.71. The Morgan fingerprint density at radius 1 is 0.542 bits per heavy atom. The van der Waals surface area contributed by atoms with Crippen molar-refractivity contribution in [1.29, 1.82) is 0 Å². The van der Waals surface area contributed by atoms with E-state index in [1.807, 2.05) is 0 Å². The molecule has 4 rings (SSSR count). The number of benzene rings is 2. The van der Waals surface area contributed by atoms with Crippen molar-refractivity contribution in [3.8, 4) is 11.8 Å². The lowest BCUT2D eigenvalue weighted by Crippen LogP contribution is -2.51. The lowest BCUT2D eigenvalue weighted by molar-refractivity contribution is -0.135. The third kappa shape index (κ3) is 30.4. The third-order valence-electron chi connectivity index (χ3n) is 6.28. The molecular weight excluding hydrogens is 616 g/mol. The first-order valence-electron chi connectivity index (χ1n) is 16.2. The maximum absolute atomic E-state index is 9.00. The SMILES string of the molecule is C1#CC(c2ccccc2)(c2ccccc2)CCCCC1.C1CCCCNNNNCCC1.CC(=O)O.CC(=O)O.CC(=O)O.CC(=O)O. The molecule has 0 bridgehead atoms. The van der Waals surface area contributed by atoms with Gasteiger partial charge in [-0.3, -0.25) is 19.2 Å². The Labute approximate surface area is 285 Å². The molecule has 0 saturated carbocycles. The molecule has 2 aromatic carbocycles. The Kier molecular flexibility index (Phi) is 29.9. The van der Waals surface area contributed by atoms with Gasteiger partial charge in [0.2, 0.25) is 0 Å². The van der Waals surface area contributed by atoms with Gasteiger partial charge in [0.25, 0.3) is 23.9 Å². The van der Waals surface area contributed by atoms with Gasteiger partial charge in [-0.05, 0) is 36.8 Å². The van der Waals surface area contributed by atoms with E-state index in [9.17, 15) is 0 Å². The Bertz CT molecular complexity index is 1040. The van der Waals surface area contributed by atoms with Crippen LogP contribution in [0.1, 0.15) is 109 Å². The van der Waals surface area contributed by atoms with Crippen LogP contribution in [0.25, 0.3) is 0 Å². The standard InChI is InChI=1S/C20H20.C8H20N4.4C2H4O2/c1-2-10-16-20(17-11-3-1,18-12-6-4-7-13-18)19-14-8-5-9-15-19;1-2-4-6-8-10-12-11-9-7-5-3-1;4*1-2(3)4/h4-9,12-15H,1-3,10,16H2;9-12H,1-8H2;4*1H3,(H,3,4). The molecule has 1 aliphatic heterocycles. The molecule has 0 amide bonds. The van der Waals surface area contributed by atoms with Crippen LogP contribution in [0.3, 0.4) is 0 Å². The van der Waals surface area contributed by atoms with E-state index < -0.39 is 23.9 Å². The summed E-state index contributed by atoms with van der Waals surface area (Å²) in [7, 11) is 0. The fourth-order valence-electron chi connectivity index (χ4n) is 4.45. The van der Waals surface area contributed by atoms with Gasteiger partial charge in [-0.25, -0.2) is 10.9 Å². The normalized spacial score (nSPS) is 15.3. The van der Waals surface area contributed by atoms with Crippen LogP contribution in [0.5, 0.6) is 0 Å². The molecule has 0 radical (unpaired) electrons. The zero-order chi connectivity index (χ0) is 36.5. The predicted octanol–water partition coefficient (Wildman–Crippen LogP) is 5.75. The summed E-state index contributed by atoms with van der Waals surface area (Å²) in [6.45, 7) is 6.41. The van der Waals surface area contributed by atoms with Crippen molar-refractivity contribution in [2.75, 3.05) is 13.1 Å². The van der Waals surface area contributed by atoms with E-state index in [4.69, 9.17) is 39.6 Å². The van der Waals surface area contributed by atoms with Gasteiger partial charge in [-0.1, -0.05) is 105 Å². The van der Waals surface area contributed by atoms with Crippen LogP contribution in [0.15, 0.2) is 60.7 Å². The third-order valence-corrected chi connectivity index (χ3v) is 6.28. The second-order valence-electron chi connectivity index (χ2n) is 10.8. The van der Waals surface area contributed by atoms with Crippen molar-refractivity contribution >= 4 is 23.9 Å². The van der Waals surface area contributed by atoms with E-state index in [0.29, 0.717) is 0 Å². The maximum Gasteiger partial charge on any atom is 0.300 e. The van der Waals surface area contributed by atoms with Crippen LogP contribution in [0, 0.1) is 11.8 Å². The highest BCUT2D eigenvalue weighted by Crippen LogP contribution is 2.37. The number of rotatable bonds is 2. The molecule has 1 heterocycles. The number of hydrogen-bond donors (Lipinski definition) is 8. The Hall–Kier alpha value is -4.28. The summed E-state index contributed by atoms with van der Waals surface area (Å²) < 4.78 is 0. The van der Waals surface area contributed by atoms with Gasteiger partial charge in [0.05, 0.1) is 5.41 Å². The fourth-order valence-corrected chi connectivity index (χ4v) is 4.45. The van der Waals surface area contributed by atoms with Crippen LogP contribution < -0.4 is 21.9 Å². The van der Waals surface area contributed by atoms with Crippen molar-refractivity contribution in [3.63, 3.8) is 0 Å². The van der Waals surface area contributed by atoms with Crippen molar-refractivity contribution < 1.29 is 39.6 Å². The molecule has 12 nitrogen and oxygen atoms in total. The second kappa shape index (κ2) is 31.3. The molecule has 268 valence electrons. The van der Waals surface area contributed by atoms with E-state index in [0.717, 1.165) is 53.6 Å². The zero-order valence-corrected chi connectivity index (χ0v) is 28.9. The van der Waals surface area contributed by atoms with Crippen LogP contribution in [0.4, 0.5) is 0 Å². The van der Waals surface area contributed by atoms with Crippen molar-refractivity contribution in [1.82, 2.24) is 21.9 Å². The lowest BCUT2D eigenvalue weighted by atomic mass is 9.71. The molecule has 48 heavy (non-hydrogen) atoms. The maximum atomic E-state index is 9.00. The molecule has 2 aliphatic rings. The van der Waals surface area contributed by atoms with Gasteiger partial charge < -0.3 is 20.4 Å². The zero-order valence-electron chi connectivity index (χ0n) is 28.9. The average Bonchev–Trinajstić information content (AvgIpc) is 2.98. The summed E-state index contributed by atoms with van der Waals surface area (Å²) in [5, 5.41) is 29.7. The predicted molar refractivity (Wildman–Crippen MR) is 188 cm³/mol. The Balaban J connectivity index is 0. The summed E-state index contributed by atoms with van der Waals surface area (Å²) in [5.41, 5.74) is 14.5. The summed E-state index contributed by atoms with van der Waals surface area (Å²) >= 11 is 0. The number of carboxylic acid groups (broad SMARTS) is 4. The molecule has 1 aliphatic carbocycles. The monoisotopic (exact) mass is 672 g/mol. The van der Waals surface area contributed by atoms with Crippen LogP contribution >= 0.6 is 0 Å². The van der Waals surface area contributed by atoms with Gasteiger partial charge in [0.15, 0.2) is 0 Å². The second-order valence-corrected chi connectivity index (χ2v) is 10.8. The van der Waals surface area contributed by atoms with E-state index >= 15 is 0 Å². The highest BCUT2D eigenvalue weighted by atomic mass is 16.4. The number of nitrogens with one attached hydrogen (secondary N) is 4. The molecule has 0 unspecified atom stereocenters. The van der Waals surface area contributed by atoms with Crippen LogP contribution in [0.2, 0.25) is 0 Å². The van der Waals surface area contributed by atoms with Gasteiger partial charge >= 0.3 is 0 Å². The molecule has 0 atom stereocenters. The number of carboxylic acids is 4. The van der Waals surface area contributed by atoms with E-state index in [-0.39, 0.29) is 5.41 Å². The molecular formula is C36H56N4O8. The van der Waals surface area contributed by atoms with E-state index in [1.165, 1.54) is 68.9 Å². The molecule has 2 aromatic rings. The molecule has 1 saturated heterocycles. The van der Waals surface area contributed by atoms with Crippen molar-refractivity contribution in [2.45, 2.75) is 104 Å². The smallest absolute Gasteiger partial charge is 0.300 e. The average molecular weight is 673 g/mol. The number of carbonyl (C=O) groups is 4. The minimum atomic E-state index is -0.833. The summed E-state index contributed by atoms with van der Waals surface area (Å²) in [4.78, 5) is 36.0. The minimum Gasteiger partial charge on any atom is -0.481 e. The molecule has 1 fully saturated rings. The van der Waals surface area contributed by atoms with Crippen LogP contribution in [-0.4, -0.2) is 57.4 Å². The number of aliphatic carboxylic acids is 4. The Morgan fingerprint density at radius 3 is 1.25 bits per heavy atom. The molecule has 12 heteroatoms. The van der Waals surface area contributed by atoms with Gasteiger partial charge in [-0.2, -0.15) is 11.1 Å². The topological polar surface area (TPSA) is 197 Å². The number of hydrogen-bond acceptors (Lipinski definition) is 8. The van der Waals surface area contributed by atoms with Crippen molar-refractivity contribution in [3.05, 3.63) is 71.8 Å². The van der Waals surface area contributed by atoms with E-state index in [1.54, 1.807) is 0 Å². The highest BCUT2D eigenvalue weighted by molar-refractivity contribution is 5.63. The Morgan fingerprint density at radius 2 is 0.875 bits per heavy atom. The quantitative estimate of drug-likeness (QED) is 0.180. The molecule has 0 spiro atoms. The number of hydrazine groups is 3. The van der Waals surface area contributed by atoms with E-state index in [2.05, 4.69) is 94.4 Å². The van der Waals surface area contributed by atoms with Gasteiger partial charge in [0.1, 0.15) is 0 Å². The fraction of sp³-hybridized carbons (Fsp3) is 0.500. The molecule has 0 aromatic heterocycles. The summed E-state index contributed by atoms with van der Waals surface area (Å²) in [6.07, 6.45) is 13.9. The highest BCUT2D eigenvalue weighted by Gasteiger charge is 2.32. The van der Waals surface area contributed by atoms with Crippen molar-refractivity contribution in [2.24, 2.45) is 0 Å². The first kappa shape index (κ1) is 45.8. The minimum absolute atomic E-state index is 0.122. The van der Waals surface area contributed by atoms with Gasteiger partial charge in [0, 0.05) is 47.2 Å². The van der Waals surface area contributed by atoms with Gasteiger partial charge in [-0.15, -0.1) is 5.92 Å². The lowest BCUT2D eigenvalue weighted by Gasteiger charge is -2.31. The summed E-state index contributed by atoms with van der Waals surface area (Å²) in [6, 6.07) is 21.6.